The van der Waals surface area contributed by atoms with Crippen LogP contribution in [0.15, 0.2) is 18.2 Å². The fraction of sp³-hybridized carbons (Fsp3) is 0.769. The lowest BCUT2D eigenvalue weighted by atomic mass is 9.77. The highest BCUT2D eigenvalue weighted by atomic mass is 16.7. The van der Waals surface area contributed by atoms with E-state index in [1.807, 2.05) is 0 Å². The average Bonchev–Trinajstić information content (AvgIpc) is 3.02. The Hall–Kier alpha value is -1.02. The number of para-hydroxylation sites is 1. The molecule has 0 amide bonds. The summed E-state index contributed by atoms with van der Waals surface area (Å²) in [4.78, 5) is 6.21. The molecule has 1 aromatic carbocycles. The Balaban J connectivity index is 1.81. The van der Waals surface area contributed by atoms with Gasteiger partial charge in [0.2, 0.25) is 0 Å². The van der Waals surface area contributed by atoms with Crippen LogP contribution in [0.2, 0.25) is 0 Å². The molecule has 1 atom stereocenters. The fourth-order valence-electron chi connectivity index (χ4n) is 5.40. The van der Waals surface area contributed by atoms with Gasteiger partial charge in [-0.2, -0.15) is 0 Å². The monoisotopic (exact) mass is 385 g/mol. The molecule has 28 heavy (non-hydrogen) atoms. The molecule has 0 saturated heterocycles. The minimum absolute atomic E-state index is 0.0235. The largest absolute Gasteiger partial charge is 0.407 e. The summed E-state index contributed by atoms with van der Waals surface area (Å²) in [6.07, 6.45) is 19.9. The second-order valence-corrected chi connectivity index (χ2v) is 10.2. The van der Waals surface area contributed by atoms with Gasteiger partial charge < -0.3 is 4.84 Å². The van der Waals surface area contributed by atoms with Gasteiger partial charge in [0.05, 0.1) is 5.54 Å². The van der Waals surface area contributed by atoms with E-state index in [9.17, 15) is 0 Å². The lowest BCUT2D eigenvalue weighted by Gasteiger charge is -2.28. The van der Waals surface area contributed by atoms with Gasteiger partial charge >= 0.3 is 0 Å². The van der Waals surface area contributed by atoms with Crippen molar-refractivity contribution < 1.29 is 4.84 Å². The second-order valence-electron chi connectivity index (χ2n) is 10.2. The van der Waals surface area contributed by atoms with Crippen molar-refractivity contribution in [2.45, 2.75) is 123 Å². The van der Waals surface area contributed by atoms with E-state index in [0.717, 1.165) is 18.6 Å². The third-order valence-electron chi connectivity index (χ3n) is 7.01. The zero-order valence-corrected chi connectivity index (χ0v) is 18.7. The zero-order valence-electron chi connectivity index (χ0n) is 18.7. The molecule has 0 spiro atoms. The van der Waals surface area contributed by atoms with Crippen molar-refractivity contribution in [1.82, 2.24) is 5.48 Å². The number of benzene rings is 1. The molecule has 0 radical (unpaired) electrons. The maximum absolute atomic E-state index is 6.21. The molecular formula is C26H43NO. The van der Waals surface area contributed by atoms with Crippen molar-refractivity contribution >= 4 is 0 Å². The van der Waals surface area contributed by atoms with Gasteiger partial charge in [0.1, 0.15) is 0 Å². The first-order valence-corrected chi connectivity index (χ1v) is 12.1. The van der Waals surface area contributed by atoms with Crippen molar-refractivity contribution in [3.8, 4) is 5.75 Å². The topological polar surface area (TPSA) is 21.3 Å². The summed E-state index contributed by atoms with van der Waals surface area (Å²) >= 11 is 0. The smallest absolute Gasteiger partial charge is 0.155 e. The van der Waals surface area contributed by atoms with Crippen LogP contribution in [-0.4, -0.2) is 0 Å². The summed E-state index contributed by atoms with van der Waals surface area (Å²) in [5.74, 6) is 1.14. The molecule has 0 aromatic heterocycles. The summed E-state index contributed by atoms with van der Waals surface area (Å²) in [6.45, 7) is 7.17. The quantitative estimate of drug-likeness (QED) is 0.560. The van der Waals surface area contributed by atoms with Gasteiger partial charge in [0, 0.05) is 5.56 Å². The van der Waals surface area contributed by atoms with Crippen LogP contribution in [0, 0.1) is 5.41 Å². The molecule has 1 aliphatic carbocycles. The summed E-state index contributed by atoms with van der Waals surface area (Å²) in [5, 5.41) is 0. The molecule has 158 valence electrons. The molecular weight excluding hydrogens is 342 g/mol. The minimum Gasteiger partial charge on any atom is -0.407 e. The number of rotatable bonds is 2. The Bertz CT molecular complexity index is 608. The van der Waals surface area contributed by atoms with Crippen LogP contribution in [0.1, 0.15) is 122 Å². The molecule has 1 aliphatic heterocycles. The third-order valence-corrected chi connectivity index (χ3v) is 7.01. The van der Waals surface area contributed by atoms with E-state index < -0.39 is 0 Å². The Labute approximate surface area is 173 Å². The highest BCUT2D eigenvalue weighted by Gasteiger charge is 2.40. The zero-order chi connectivity index (χ0) is 19.9. The van der Waals surface area contributed by atoms with Crippen LogP contribution in [0.3, 0.4) is 0 Å². The Morgan fingerprint density at radius 3 is 2.11 bits per heavy atom. The van der Waals surface area contributed by atoms with Gasteiger partial charge in [-0.3, -0.25) is 0 Å². The highest BCUT2D eigenvalue weighted by molar-refractivity contribution is 5.48. The van der Waals surface area contributed by atoms with E-state index in [1.54, 1.807) is 0 Å². The van der Waals surface area contributed by atoms with Crippen LogP contribution in [0.4, 0.5) is 0 Å². The van der Waals surface area contributed by atoms with Crippen LogP contribution in [-0.2, 0) is 12.0 Å². The third kappa shape index (κ3) is 5.53. The summed E-state index contributed by atoms with van der Waals surface area (Å²) in [6, 6.07) is 6.88. The molecule has 4 bridgehead atoms. The van der Waals surface area contributed by atoms with E-state index in [-0.39, 0.29) is 5.54 Å². The van der Waals surface area contributed by atoms with Gasteiger partial charge in [-0.05, 0) is 36.7 Å². The molecule has 0 fully saturated rings. The number of hydrogen-bond donors (Lipinski definition) is 1. The van der Waals surface area contributed by atoms with Crippen LogP contribution < -0.4 is 10.3 Å². The molecule has 2 heteroatoms. The Kier molecular flexibility index (Phi) is 7.85. The number of hydrogen-bond acceptors (Lipinski definition) is 2. The normalized spacial score (nSPS) is 26.8. The van der Waals surface area contributed by atoms with Gasteiger partial charge in [0.15, 0.2) is 5.75 Å². The maximum Gasteiger partial charge on any atom is 0.155 e. The first-order chi connectivity index (χ1) is 13.6. The van der Waals surface area contributed by atoms with Crippen LogP contribution in [0.25, 0.3) is 0 Å². The summed E-state index contributed by atoms with van der Waals surface area (Å²) < 4.78 is 0. The van der Waals surface area contributed by atoms with Gasteiger partial charge in [-0.15, -0.1) is 5.48 Å². The minimum atomic E-state index is 0.0235. The van der Waals surface area contributed by atoms with E-state index in [1.165, 1.54) is 94.6 Å². The molecule has 2 nitrogen and oxygen atoms in total. The van der Waals surface area contributed by atoms with E-state index in [4.69, 9.17) is 4.84 Å². The molecule has 1 N–H and O–H groups in total. The van der Waals surface area contributed by atoms with E-state index >= 15 is 0 Å². The maximum atomic E-state index is 6.21. The van der Waals surface area contributed by atoms with E-state index in [2.05, 4.69) is 44.5 Å². The molecule has 2 aliphatic rings. The molecule has 0 saturated carbocycles. The molecule has 1 aromatic rings. The summed E-state index contributed by atoms with van der Waals surface area (Å²) in [7, 11) is 0. The van der Waals surface area contributed by atoms with Crippen LogP contribution >= 0.6 is 0 Å². The predicted molar refractivity (Wildman–Crippen MR) is 120 cm³/mol. The second kappa shape index (κ2) is 10.1. The van der Waals surface area contributed by atoms with Crippen molar-refractivity contribution in [3.05, 3.63) is 29.3 Å². The van der Waals surface area contributed by atoms with Gasteiger partial charge in [-0.1, -0.05) is 110 Å². The Morgan fingerprint density at radius 1 is 0.857 bits per heavy atom. The Morgan fingerprint density at radius 2 is 1.46 bits per heavy atom. The summed E-state index contributed by atoms with van der Waals surface area (Å²) in [5.41, 5.74) is 6.69. The molecule has 1 heterocycles. The SMILES string of the molecule is CCCC12CCCCCCCCCCCCC(C)(C)Cc3cccc1c3ON2. The van der Waals surface area contributed by atoms with Crippen molar-refractivity contribution in [2.75, 3.05) is 0 Å². The van der Waals surface area contributed by atoms with Crippen molar-refractivity contribution in [2.24, 2.45) is 5.41 Å². The molecule has 1 unspecified atom stereocenters. The number of nitrogens with one attached hydrogen (secondary N) is 1. The number of hydroxylamine groups is 1. The van der Waals surface area contributed by atoms with Crippen LogP contribution in [0.5, 0.6) is 5.75 Å². The van der Waals surface area contributed by atoms with Crippen molar-refractivity contribution in [3.63, 3.8) is 0 Å². The predicted octanol–water partition coefficient (Wildman–Crippen LogP) is 7.84. The first-order valence-electron chi connectivity index (χ1n) is 12.1. The highest BCUT2D eigenvalue weighted by Crippen LogP contribution is 2.45. The van der Waals surface area contributed by atoms with Crippen molar-refractivity contribution in [1.29, 1.82) is 0 Å². The van der Waals surface area contributed by atoms with Gasteiger partial charge in [0.25, 0.3) is 0 Å². The lowest BCUT2D eigenvalue weighted by Crippen LogP contribution is -2.38. The standard InChI is InChI=1S/C26H43NO/c1-4-18-26-20-14-12-10-8-6-5-7-9-11-13-19-25(2,3)21-22-16-15-17-23(26)24(22)28-27-26/h15-17,27H,4-14,18-21H2,1-3H3. The first kappa shape index (κ1) is 21.7. The fourth-order valence-corrected chi connectivity index (χ4v) is 5.40. The van der Waals surface area contributed by atoms with Gasteiger partial charge in [-0.25, -0.2) is 0 Å². The lowest BCUT2D eigenvalue weighted by molar-refractivity contribution is 0.109. The van der Waals surface area contributed by atoms with E-state index in [0.29, 0.717) is 5.41 Å². The average molecular weight is 386 g/mol. The molecule has 3 rings (SSSR count).